The van der Waals surface area contributed by atoms with Crippen molar-refractivity contribution in [2.45, 2.75) is 18.3 Å². The molecule has 148 valence electrons. The number of anilines is 1. The Hall–Kier alpha value is -2.66. The summed E-state index contributed by atoms with van der Waals surface area (Å²) in [6.07, 6.45) is -3.24. The number of aliphatic imine (C=N–C) groups is 2. The molecule has 5 rings (SSSR count). The molecule has 1 unspecified atom stereocenters. The maximum absolute atomic E-state index is 13.4. The summed E-state index contributed by atoms with van der Waals surface area (Å²) in [5.74, 6) is -0.0246. The molecule has 3 aromatic rings. The first kappa shape index (κ1) is 18.4. The summed E-state index contributed by atoms with van der Waals surface area (Å²) in [5.41, 5.74) is 0.116. The second-order valence-corrected chi connectivity index (χ2v) is 8.33. The van der Waals surface area contributed by atoms with Crippen molar-refractivity contribution in [2.75, 3.05) is 11.9 Å². The van der Waals surface area contributed by atoms with Crippen molar-refractivity contribution in [3.8, 4) is 11.3 Å². The Kier molecular flexibility index (Phi) is 4.07. The van der Waals surface area contributed by atoms with Gasteiger partial charge >= 0.3 is 6.18 Å². The molecule has 1 amide bonds. The fourth-order valence-electron chi connectivity index (χ4n) is 3.26. The lowest BCUT2D eigenvalue weighted by Gasteiger charge is -2.19. The number of amides is 1. The van der Waals surface area contributed by atoms with Crippen molar-refractivity contribution in [3.05, 3.63) is 35.0 Å². The predicted molar refractivity (Wildman–Crippen MR) is 107 cm³/mol. The Morgan fingerprint density at radius 1 is 1.38 bits per heavy atom. The topological polar surface area (TPSA) is 79.8 Å². The third-order valence-electron chi connectivity index (χ3n) is 4.44. The Morgan fingerprint density at radius 2 is 2.21 bits per heavy atom. The Balaban J connectivity index is 1.81. The summed E-state index contributed by atoms with van der Waals surface area (Å²) in [5, 5.41) is 3.15. The number of fused-ring (bicyclic) bond motifs is 5. The van der Waals surface area contributed by atoms with Gasteiger partial charge in [0.25, 0.3) is 0 Å². The number of hydrogen-bond donors (Lipinski definition) is 1. The number of furan rings is 1. The lowest BCUT2D eigenvalue weighted by molar-refractivity contribution is -0.140. The minimum absolute atomic E-state index is 0.158. The van der Waals surface area contributed by atoms with Crippen LogP contribution in [0.2, 0.25) is 0 Å². The highest BCUT2D eigenvalue weighted by atomic mass is 32.2. The number of carbonyl (C=O) groups is 1. The minimum atomic E-state index is -4.62. The van der Waals surface area contributed by atoms with Crippen molar-refractivity contribution < 1.29 is 22.4 Å². The lowest BCUT2D eigenvalue weighted by Crippen LogP contribution is -2.35. The number of amidine groups is 1. The van der Waals surface area contributed by atoms with Crippen LogP contribution in [0.25, 0.3) is 21.5 Å². The third-order valence-corrected chi connectivity index (χ3v) is 6.65. The zero-order valence-electron chi connectivity index (χ0n) is 14.7. The van der Waals surface area contributed by atoms with Gasteiger partial charge in [-0.1, -0.05) is 11.8 Å². The van der Waals surface area contributed by atoms with Crippen LogP contribution in [0.15, 0.2) is 38.9 Å². The monoisotopic (exact) mass is 436 g/mol. The highest BCUT2D eigenvalue weighted by Gasteiger charge is 2.42. The number of nitrogens with one attached hydrogen (secondary N) is 1. The molecule has 0 saturated heterocycles. The molecule has 0 fully saturated rings. The molecular formula is C18H11F3N4O2S2. The molecule has 0 aliphatic carbocycles. The van der Waals surface area contributed by atoms with E-state index >= 15 is 0 Å². The highest BCUT2D eigenvalue weighted by molar-refractivity contribution is 8.16. The fourth-order valence-corrected chi connectivity index (χ4v) is 5.53. The SMILES string of the molecule is CCN=C1N=C2c3sc4nc(C(F)(F)F)cc(-c5ccco5)c4c3NC(=O)C2S1. The first-order valence-electron chi connectivity index (χ1n) is 8.56. The van der Waals surface area contributed by atoms with Crippen LogP contribution in [-0.4, -0.2) is 33.6 Å². The Bertz CT molecular complexity index is 1210. The van der Waals surface area contributed by atoms with Gasteiger partial charge in [-0.3, -0.25) is 9.79 Å². The summed E-state index contributed by atoms with van der Waals surface area (Å²) in [6, 6.07) is 4.11. The molecule has 2 aliphatic rings. The number of hydrogen-bond acceptors (Lipinski definition) is 6. The van der Waals surface area contributed by atoms with Crippen molar-refractivity contribution in [1.29, 1.82) is 0 Å². The second-order valence-electron chi connectivity index (χ2n) is 6.26. The number of thiophene rings is 1. The summed E-state index contributed by atoms with van der Waals surface area (Å²) < 4.78 is 45.7. The Morgan fingerprint density at radius 3 is 2.90 bits per heavy atom. The van der Waals surface area contributed by atoms with E-state index in [-0.39, 0.29) is 22.1 Å². The van der Waals surface area contributed by atoms with Gasteiger partial charge in [-0.2, -0.15) is 13.2 Å². The van der Waals surface area contributed by atoms with Gasteiger partial charge < -0.3 is 9.73 Å². The van der Waals surface area contributed by atoms with Gasteiger partial charge in [-0.25, -0.2) is 9.98 Å². The van der Waals surface area contributed by atoms with Crippen LogP contribution in [0.5, 0.6) is 0 Å². The number of rotatable bonds is 2. The van der Waals surface area contributed by atoms with Gasteiger partial charge in [-0.05, 0) is 25.1 Å². The molecule has 6 nitrogen and oxygen atoms in total. The zero-order valence-corrected chi connectivity index (χ0v) is 16.3. The molecular weight excluding hydrogens is 425 g/mol. The molecule has 0 spiro atoms. The average molecular weight is 436 g/mol. The van der Waals surface area contributed by atoms with Crippen molar-refractivity contribution >= 4 is 55.8 Å². The highest BCUT2D eigenvalue weighted by Crippen LogP contribution is 2.47. The van der Waals surface area contributed by atoms with Crippen LogP contribution in [0.1, 0.15) is 17.5 Å². The maximum Gasteiger partial charge on any atom is 0.433 e. The number of alkyl halides is 3. The molecule has 0 saturated carbocycles. The molecule has 29 heavy (non-hydrogen) atoms. The van der Waals surface area contributed by atoms with E-state index < -0.39 is 17.1 Å². The van der Waals surface area contributed by atoms with Crippen molar-refractivity contribution in [2.24, 2.45) is 9.98 Å². The van der Waals surface area contributed by atoms with Crippen molar-refractivity contribution in [3.63, 3.8) is 0 Å². The maximum atomic E-state index is 13.4. The summed E-state index contributed by atoms with van der Waals surface area (Å²) in [4.78, 5) is 26.0. The average Bonchev–Trinajstić information content (AvgIpc) is 3.38. The quantitative estimate of drug-likeness (QED) is 0.625. The second kappa shape index (κ2) is 6.42. The van der Waals surface area contributed by atoms with Gasteiger partial charge in [0, 0.05) is 17.5 Å². The lowest BCUT2D eigenvalue weighted by atomic mass is 10.0. The van der Waals surface area contributed by atoms with Crippen LogP contribution >= 0.6 is 23.1 Å². The molecule has 0 radical (unpaired) electrons. The van der Waals surface area contributed by atoms with E-state index in [0.29, 0.717) is 33.4 Å². The zero-order chi connectivity index (χ0) is 20.3. The first-order chi connectivity index (χ1) is 13.9. The van der Waals surface area contributed by atoms with Crippen LogP contribution in [0.3, 0.4) is 0 Å². The number of halogens is 3. The van der Waals surface area contributed by atoms with E-state index in [1.807, 2.05) is 6.92 Å². The van der Waals surface area contributed by atoms with Gasteiger partial charge in [0.05, 0.1) is 22.5 Å². The third kappa shape index (κ3) is 2.87. The molecule has 1 atom stereocenters. The van der Waals surface area contributed by atoms with Crippen LogP contribution < -0.4 is 5.32 Å². The van der Waals surface area contributed by atoms with Crippen LogP contribution in [0, 0.1) is 0 Å². The van der Waals surface area contributed by atoms with Gasteiger partial charge in [0.1, 0.15) is 21.5 Å². The number of carbonyl (C=O) groups excluding carboxylic acids is 1. The molecule has 0 aromatic carbocycles. The smallest absolute Gasteiger partial charge is 0.433 e. The van der Waals surface area contributed by atoms with E-state index in [9.17, 15) is 18.0 Å². The Labute approximate surface area is 169 Å². The standard InChI is InChI=1S/C18H11F3N4O2S2/c1-2-22-17-25-12-13-11(24-15(26)14(12)29-17)10-7(8-4-3-5-27-8)6-9(18(19,20)21)23-16(10)28-13/h3-6,14H,2H2,1H3,(H,24,26). The number of nitrogens with zero attached hydrogens (tertiary/aromatic N) is 3. The van der Waals surface area contributed by atoms with Gasteiger partial charge in [0.15, 0.2) is 5.17 Å². The molecule has 0 bridgehead atoms. The predicted octanol–water partition coefficient (Wildman–Crippen LogP) is 4.81. The fraction of sp³-hybridized carbons (Fsp3) is 0.222. The largest absolute Gasteiger partial charge is 0.464 e. The molecule has 3 aromatic heterocycles. The summed E-state index contributed by atoms with van der Waals surface area (Å²) in [7, 11) is 0. The molecule has 1 N–H and O–H groups in total. The first-order valence-corrected chi connectivity index (χ1v) is 10.3. The van der Waals surface area contributed by atoms with E-state index in [4.69, 9.17) is 4.42 Å². The molecule has 11 heteroatoms. The van der Waals surface area contributed by atoms with Crippen molar-refractivity contribution in [1.82, 2.24) is 4.98 Å². The van der Waals surface area contributed by atoms with Gasteiger partial charge in [-0.15, -0.1) is 11.3 Å². The van der Waals surface area contributed by atoms with E-state index in [1.54, 1.807) is 12.1 Å². The van der Waals surface area contributed by atoms with Crippen LogP contribution in [-0.2, 0) is 11.0 Å². The van der Waals surface area contributed by atoms with Crippen LogP contribution in [0.4, 0.5) is 18.9 Å². The normalized spacial score (nSPS) is 20.0. The molecule has 2 aliphatic heterocycles. The summed E-state index contributed by atoms with van der Waals surface area (Å²) in [6.45, 7) is 2.38. The number of pyridine rings is 1. The summed E-state index contributed by atoms with van der Waals surface area (Å²) >= 11 is 2.31. The van der Waals surface area contributed by atoms with E-state index in [0.717, 1.165) is 17.4 Å². The van der Waals surface area contributed by atoms with E-state index in [1.165, 1.54) is 18.0 Å². The number of aromatic nitrogens is 1. The van der Waals surface area contributed by atoms with Gasteiger partial charge in [0.2, 0.25) is 5.91 Å². The molecule has 5 heterocycles. The minimum Gasteiger partial charge on any atom is -0.464 e. The number of thioether (sulfide) groups is 1. The van der Waals surface area contributed by atoms with E-state index in [2.05, 4.69) is 20.3 Å².